The molecule has 0 unspecified atom stereocenters. The summed E-state index contributed by atoms with van der Waals surface area (Å²) in [7, 11) is 3.44. The van der Waals surface area contributed by atoms with E-state index in [9.17, 15) is 14.4 Å². The van der Waals surface area contributed by atoms with Crippen LogP contribution in [0, 0.1) is 0 Å². The lowest BCUT2D eigenvalue weighted by Crippen LogP contribution is -2.50. The fraction of sp³-hybridized carbons (Fsp3) is 0.438. The summed E-state index contributed by atoms with van der Waals surface area (Å²) in [5.74, 6) is -1.06. The van der Waals surface area contributed by atoms with Crippen LogP contribution in [0.15, 0.2) is 18.2 Å². The quantitative estimate of drug-likeness (QED) is 0.779. The van der Waals surface area contributed by atoms with Gasteiger partial charge >= 0.3 is 11.8 Å². The number of likely N-dealkylation sites (N-methyl/N-ethyl adjacent to an activating group) is 1. The number of hydrogen-bond acceptors (Lipinski definition) is 5. The Bertz CT molecular complexity index is 639. The van der Waals surface area contributed by atoms with E-state index in [2.05, 4.69) is 15.5 Å². The number of anilines is 2. The molecule has 1 saturated heterocycles. The molecule has 1 aromatic rings. The Kier molecular flexibility index (Phi) is 5.75. The zero-order valence-corrected chi connectivity index (χ0v) is 14.1. The maximum Gasteiger partial charge on any atom is 0.313 e. The second kappa shape index (κ2) is 7.78. The molecule has 1 heterocycles. The summed E-state index contributed by atoms with van der Waals surface area (Å²) in [5.41, 5.74) is 0.918. The molecule has 1 fully saturated rings. The van der Waals surface area contributed by atoms with Crippen molar-refractivity contribution in [1.82, 2.24) is 9.80 Å². The van der Waals surface area contributed by atoms with Crippen molar-refractivity contribution < 1.29 is 19.1 Å². The van der Waals surface area contributed by atoms with E-state index in [1.165, 1.54) is 18.9 Å². The standard InChI is InChI=1S/C16H22N4O4/c1-11(21)17-13-5-4-12(10-14(13)24-3)18-15(22)16(23)20-8-6-19(2)7-9-20/h4-5,10H,6-9H2,1-3H3,(H,17,21)(H,18,22). The van der Waals surface area contributed by atoms with E-state index in [1.807, 2.05) is 7.05 Å². The smallest absolute Gasteiger partial charge is 0.313 e. The molecule has 0 bridgehead atoms. The van der Waals surface area contributed by atoms with Crippen LogP contribution in [0.3, 0.4) is 0 Å². The number of methoxy groups -OCH3 is 1. The van der Waals surface area contributed by atoms with Gasteiger partial charge in [0.1, 0.15) is 5.75 Å². The van der Waals surface area contributed by atoms with Gasteiger partial charge in [0.05, 0.1) is 12.8 Å². The highest BCUT2D eigenvalue weighted by Gasteiger charge is 2.25. The molecule has 2 N–H and O–H groups in total. The zero-order valence-electron chi connectivity index (χ0n) is 14.1. The van der Waals surface area contributed by atoms with Gasteiger partial charge in [-0.25, -0.2) is 0 Å². The lowest BCUT2D eigenvalue weighted by Gasteiger charge is -2.31. The molecule has 0 atom stereocenters. The van der Waals surface area contributed by atoms with Crippen LogP contribution in [-0.4, -0.2) is 67.9 Å². The van der Waals surface area contributed by atoms with Gasteiger partial charge in [0.2, 0.25) is 5.91 Å². The number of nitrogens with zero attached hydrogens (tertiary/aromatic N) is 2. The molecule has 0 spiro atoms. The van der Waals surface area contributed by atoms with E-state index in [1.54, 1.807) is 18.2 Å². The van der Waals surface area contributed by atoms with Crippen molar-refractivity contribution in [3.63, 3.8) is 0 Å². The summed E-state index contributed by atoms with van der Waals surface area (Å²) in [6.07, 6.45) is 0. The van der Waals surface area contributed by atoms with Crippen LogP contribution < -0.4 is 15.4 Å². The van der Waals surface area contributed by atoms with E-state index < -0.39 is 11.8 Å². The second-order valence-electron chi connectivity index (χ2n) is 5.65. The van der Waals surface area contributed by atoms with Crippen LogP contribution in [0.1, 0.15) is 6.92 Å². The third kappa shape index (κ3) is 4.45. The topological polar surface area (TPSA) is 91.0 Å². The van der Waals surface area contributed by atoms with Gasteiger partial charge in [-0.2, -0.15) is 0 Å². The summed E-state index contributed by atoms with van der Waals surface area (Å²) in [4.78, 5) is 39.1. The Balaban J connectivity index is 2.03. The number of piperazine rings is 1. The van der Waals surface area contributed by atoms with Gasteiger partial charge in [0.25, 0.3) is 0 Å². The Morgan fingerprint density at radius 3 is 2.33 bits per heavy atom. The van der Waals surface area contributed by atoms with Crippen molar-refractivity contribution >= 4 is 29.1 Å². The minimum Gasteiger partial charge on any atom is -0.494 e. The summed E-state index contributed by atoms with van der Waals surface area (Å²) in [5, 5.41) is 5.20. The molecule has 1 aliphatic rings. The van der Waals surface area contributed by atoms with Crippen molar-refractivity contribution in [2.45, 2.75) is 6.92 Å². The van der Waals surface area contributed by atoms with E-state index in [0.29, 0.717) is 30.2 Å². The molecule has 2 rings (SSSR count). The molecule has 0 saturated carbocycles. The number of carbonyl (C=O) groups is 3. The van der Waals surface area contributed by atoms with Gasteiger partial charge < -0.3 is 25.2 Å². The lowest BCUT2D eigenvalue weighted by molar-refractivity contribution is -0.144. The molecule has 0 aromatic heterocycles. The number of carbonyl (C=O) groups excluding carboxylic acids is 3. The first kappa shape index (κ1) is 17.7. The molecule has 0 aliphatic carbocycles. The van der Waals surface area contributed by atoms with Crippen molar-refractivity contribution in [2.24, 2.45) is 0 Å². The summed E-state index contributed by atoms with van der Waals surface area (Å²) >= 11 is 0. The van der Waals surface area contributed by atoms with Crippen LogP contribution in [0.25, 0.3) is 0 Å². The molecule has 3 amide bonds. The zero-order chi connectivity index (χ0) is 17.7. The molecule has 0 radical (unpaired) electrons. The van der Waals surface area contributed by atoms with Gasteiger partial charge in [0.15, 0.2) is 0 Å². The first-order valence-corrected chi connectivity index (χ1v) is 7.65. The van der Waals surface area contributed by atoms with Crippen molar-refractivity contribution in [3.05, 3.63) is 18.2 Å². The number of ether oxygens (including phenoxy) is 1. The Morgan fingerprint density at radius 2 is 1.75 bits per heavy atom. The highest BCUT2D eigenvalue weighted by atomic mass is 16.5. The number of rotatable bonds is 3. The third-order valence-corrected chi connectivity index (χ3v) is 3.75. The van der Waals surface area contributed by atoms with Crippen LogP contribution in [-0.2, 0) is 14.4 Å². The maximum atomic E-state index is 12.2. The third-order valence-electron chi connectivity index (χ3n) is 3.75. The fourth-order valence-electron chi connectivity index (χ4n) is 2.40. The molecule has 8 nitrogen and oxygen atoms in total. The summed E-state index contributed by atoms with van der Waals surface area (Å²) in [6, 6.07) is 4.76. The van der Waals surface area contributed by atoms with Crippen LogP contribution in [0.4, 0.5) is 11.4 Å². The van der Waals surface area contributed by atoms with Crippen LogP contribution >= 0.6 is 0 Å². The average Bonchev–Trinajstić information content (AvgIpc) is 2.55. The SMILES string of the molecule is COc1cc(NC(=O)C(=O)N2CCN(C)CC2)ccc1NC(C)=O. The second-order valence-corrected chi connectivity index (χ2v) is 5.65. The van der Waals surface area contributed by atoms with Gasteiger partial charge in [-0.05, 0) is 19.2 Å². The highest BCUT2D eigenvalue weighted by molar-refractivity contribution is 6.39. The van der Waals surface area contributed by atoms with Gasteiger partial charge in [-0.1, -0.05) is 0 Å². The fourth-order valence-corrected chi connectivity index (χ4v) is 2.40. The van der Waals surface area contributed by atoms with E-state index in [4.69, 9.17) is 4.74 Å². The summed E-state index contributed by atoms with van der Waals surface area (Å²) < 4.78 is 5.19. The first-order chi connectivity index (χ1) is 11.4. The average molecular weight is 334 g/mol. The molecular weight excluding hydrogens is 312 g/mol. The largest absolute Gasteiger partial charge is 0.494 e. The predicted octanol–water partition coefficient (Wildman–Crippen LogP) is 0.366. The van der Waals surface area contributed by atoms with Crippen molar-refractivity contribution in [1.29, 1.82) is 0 Å². The molecule has 1 aromatic carbocycles. The Hall–Kier alpha value is -2.61. The van der Waals surface area contributed by atoms with Gasteiger partial charge in [-0.15, -0.1) is 0 Å². The summed E-state index contributed by atoms with van der Waals surface area (Å²) in [6.45, 7) is 3.96. The number of benzene rings is 1. The molecule has 1 aliphatic heterocycles. The predicted molar refractivity (Wildman–Crippen MR) is 90.0 cm³/mol. The minimum atomic E-state index is -0.686. The molecular formula is C16H22N4O4. The first-order valence-electron chi connectivity index (χ1n) is 7.65. The number of nitrogens with one attached hydrogen (secondary N) is 2. The Labute approximate surface area is 140 Å². The van der Waals surface area contributed by atoms with Gasteiger partial charge in [0, 0.05) is 44.9 Å². The van der Waals surface area contributed by atoms with Crippen molar-refractivity contribution in [3.8, 4) is 5.75 Å². The van der Waals surface area contributed by atoms with E-state index in [-0.39, 0.29) is 5.91 Å². The van der Waals surface area contributed by atoms with Gasteiger partial charge in [-0.3, -0.25) is 14.4 Å². The molecule has 130 valence electrons. The monoisotopic (exact) mass is 334 g/mol. The molecule has 8 heteroatoms. The minimum absolute atomic E-state index is 0.227. The number of amides is 3. The number of hydrogen-bond donors (Lipinski definition) is 2. The maximum absolute atomic E-state index is 12.2. The lowest BCUT2D eigenvalue weighted by atomic mass is 10.2. The van der Waals surface area contributed by atoms with E-state index >= 15 is 0 Å². The highest BCUT2D eigenvalue weighted by Crippen LogP contribution is 2.28. The van der Waals surface area contributed by atoms with E-state index in [0.717, 1.165) is 13.1 Å². The van der Waals surface area contributed by atoms with Crippen molar-refractivity contribution in [2.75, 3.05) is 51.0 Å². The Morgan fingerprint density at radius 1 is 1.08 bits per heavy atom. The molecule has 24 heavy (non-hydrogen) atoms. The normalized spacial score (nSPS) is 14.9. The van der Waals surface area contributed by atoms with Crippen LogP contribution in [0.2, 0.25) is 0 Å². The van der Waals surface area contributed by atoms with Crippen LogP contribution in [0.5, 0.6) is 5.75 Å².